The molecule has 0 aliphatic rings. The highest BCUT2D eigenvalue weighted by Crippen LogP contribution is 2.22. The zero-order valence-corrected chi connectivity index (χ0v) is 8.75. The van der Waals surface area contributed by atoms with Crippen LogP contribution in [0.4, 0.5) is 0 Å². The van der Waals surface area contributed by atoms with E-state index in [1.54, 1.807) is 6.07 Å². The Morgan fingerprint density at radius 1 is 1.71 bits per heavy atom. The van der Waals surface area contributed by atoms with Crippen molar-refractivity contribution in [1.82, 2.24) is 4.98 Å². The molecular weight excluding hydrogens is 198 g/mol. The van der Waals surface area contributed by atoms with Crippen molar-refractivity contribution < 1.29 is 0 Å². The van der Waals surface area contributed by atoms with Gasteiger partial charge in [0, 0.05) is 12.2 Å². The molecule has 0 aliphatic heterocycles. The van der Waals surface area contributed by atoms with Gasteiger partial charge in [0.25, 0.3) is 0 Å². The summed E-state index contributed by atoms with van der Waals surface area (Å²) in [5.41, 5.74) is 7.00. The van der Waals surface area contributed by atoms with E-state index >= 15 is 0 Å². The largest absolute Gasteiger partial charge is 0.323 e. The van der Waals surface area contributed by atoms with E-state index in [0.717, 1.165) is 12.8 Å². The van der Waals surface area contributed by atoms with Crippen LogP contribution in [0.2, 0.25) is 5.02 Å². The highest BCUT2D eigenvalue weighted by Gasteiger charge is 2.11. The van der Waals surface area contributed by atoms with Crippen molar-refractivity contribution in [2.75, 3.05) is 0 Å². The summed E-state index contributed by atoms with van der Waals surface area (Å²) in [7, 11) is 0. The average molecular weight is 210 g/mol. The molecule has 0 amide bonds. The molecule has 1 aromatic rings. The minimum atomic E-state index is -0.139. The van der Waals surface area contributed by atoms with Gasteiger partial charge >= 0.3 is 0 Å². The number of hydrogen-bond donors (Lipinski definition) is 1. The Balaban J connectivity index is 2.95. The maximum absolute atomic E-state index is 8.62. The molecule has 4 heteroatoms. The summed E-state index contributed by atoms with van der Waals surface area (Å²) in [5, 5.41) is 9.09. The summed E-state index contributed by atoms with van der Waals surface area (Å²) in [6.07, 6.45) is 3.33. The van der Waals surface area contributed by atoms with Gasteiger partial charge in [-0.15, -0.1) is 0 Å². The quantitative estimate of drug-likeness (QED) is 0.832. The van der Waals surface area contributed by atoms with E-state index in [4.69, 9.17) is 22.6 Å². The predicted octanol–water partition coefficient (Wildman–Crippen LogP) is 2.41. The third-order valence-electron chi connectivity index (χ3n) is 1.95. The van der Waals surface area contributed by atoms with Gasteiger partial charge < -0.3 is 5.73 Å². The standard InChI is InChI=1S/C10H12ClN3/c1-2-3-9(13)10-8(11)4-7(5-12)6-14-10/h4,6,9H,2-3,13H2,1H3. The van der Waals surface area contributed by atoms with Gasteiger partial charge in [0.2, 0.25) is 0 Å². The minimum Gasteiger partial charge on any atom is -0.323 e. The van der Waals surface area contributed by atoms with Crippen LogP contribution in [-0.4, -0.2) is 4.98 Å². The summed E-state index contributed by atoms with van der Waals surface area (Å²) >= 11 is 5.95. The third kappa shape index (κ3) is 2.44. The molecule has 74 valence electrons. The van der Waals surface area contributed by atoms with E-state index < -0.39 is 0 Å². The van der Waals surface area contributed by atoms with E-state index in [9.17, 15) is 0 Å². The summed E-state index contributed by atoms with van der Waals surface area (Å²) in [6, 6.07) is 3.44. The molecule has 0 radical (unpaired) electrons. The maximum Gasteiger partial charge on any atom is 0.101 e. The number of nitriles is 1. The van der Waals surface area contributed by atoms with Gasteiger partial charge in [0.05, 0.1) is 16.3 Å². The zero-order chi connectivity index (χ0) is 10.6. The lowest BCUT2D eigenvalue weighted by atomic mass is 10.1. The van der Waals surface area contributed by atoms with Crippen LogP contribution in [0.1, 0.15) is 37.1 Å². The van der Waals surface area contributed by atoms with E-state index in [2.05, 4.69) is 11.9 Å². The molecule has 0 aliphatic carbocycles. The zero-order valence-electron chi connectivity index (χ0n) is 8.00. The van der Waals surface area contributed by atoms with Crippen LogP contribution in [0.15, 0.2) is 12.3 Å². The Morgan fingerprint density at radius 2 is 2.43 bits per heavy atom. The molecular formula is C10H12ClN3. The summed E-state index contributed by atoms with van der Waals surface area (Å²) in [4.78, 5) is 4.09. The third-order valence-corrected chi connectivity index (χ3v) is 2.25. The molecule has 0 fully saturated rings. The van der Waals surface area contributed by atoms with Crippen molar-refractivity contribution in [3.05, 3.63) is 28.5 Å². The van der Waals surface area contributed by atoms with E-state index in [1.807, 2.05) is 6.07 Å². The van der Waals surface area contributed by atoms with Crippen LogP contribution < -0.4 is 5.73 Å². The Kier molecular flexibility index (Phi) is 3.87. The lowest BCUT2D eigenvalue weighted by molar-refractivity contribution is 0.622. The molecule has 1 unspecified atom stereocenters. The van der Waals surface area contributed by atoms with Crippen LogP contribution in [0.5, 0.6) is 0 Å². The van der Waals surface area contributed by atoms with Gasteiger partial charge in [-0.3, -0.25) is 4.98 Å². The van der Waals surface area contributed by atoms with Crippen LogP contribution in [0.25, 0.3) is 0 Å². The van der Waals surface area contributed by atoms with Gasteiger partial charge in [-0.2, -0.15) is 5.26 Å². The van der Waals surface area contributed by atoms with E-state index in [0.29, 0.717) is 16.3 Å². The van der Waals surface area contributed by atoms with Gasteiger partial charge in [-0.05, 0) is 12.5 Å². The molecule has 2 N–H and O–H groups in total. The van der Waals surface area contributed by atoms with Gasteiger partial charge in [0.1, 0.15) is 6.07 Å². The first kappa shape index (κ1) is 11.0. The summed E-state index contributed by atoms with van der Waals surface area (Å²) < 4.78 is 0. The van der Waals surface area contributed by atoms with Crippen molar-refractivity contribution in [2.24, 2.45) is 5.73 Å². The molecule has 0 saturated heterocycles. The van der Waals surface area contributed by atoms with Gasteiger partial charge in [-0.1, -0.05) is 24.9 Å². The van der Waals surface area contributed by atoms with E-state index in [1.165, 1.54) is 6.20 Å². The van der Waals surface area contributed by atoms with Crippen molar-refractivity contribution in [3.8, 4) is 6.07 Å². The van der Waals surface area contributed by atoms with Crippen LogP contribution in [-0.2, 0) is 0 Å². The lowest BCUT2D eigenvalue weighted by Gasteiger charge is -2.10. The minimum absolute atomic E-state index is 0.139. The SMILES string of the molecule is CCCC(N)c1ncc(C#N)cc1Cl. The lowest BCUT2D eigenvalue weighted by Crippen LogP contribution is -2.12. The van der Waals surface area contributed by atoms with Crippen LogP contribution in [0.3, 0.4) is 0 Å². The topological polar surface area (TPSA) is 62.7 Å². The Hall–Kier alpha value is -1.11. The second-order valence-corrected chi connectivity index (χ2v) is 3.51. The fraction of sp³-hybridized carbons (Fsp3) is 0.400. The number of nitrogens with two attached hydrogens (primary N) is 1. The predicted molar refractivity (Wildman–Crippen MR) is 55.8 cm³/mol. The number of aromatic nitrogens is 1. The number of nitrogens with zero attached hydrogens (tertiary/aromatic N) is 2. The highest BCUT2D eigenvalue weighted by atomic mass is 35.5. The number of pyridine rings is 1. The van der Waals surface area contributed by atoms with Gasteiger partial charge in [0.15, 0.2) is 0 Å². The molecule has 1 atom stereocenters. The first-order valence-corrected chi connectivity index (χ1v) is 4.88. The fourth-order valence-corrected chi connectivity index (χ4v) is 1.54. The smallest absolute Gasteiger partial charge is 0.101 e. The molecule has 1 heterocycles. The van der Waals surface area contributed by atoms with Crippen LogP contribution in [0, 0.1) is 11.3 Å². The fourth-order valence-electron chi connectivity index (χ4n) is 1.23. The first-order chi connectivity index (χ1) is 6.69. The summed E-state index contributed by atoms with van der Waals surface area (Å²) in [6.45, 7) is 2.05. The van der Waals surface area contributed by atoms with Crippen LogP contribution >= 0.6 is 11.6 Å². The van der Waals surface area contributed by atoms with Crippen molar-refractivity contribution in [3.63, 3.8) is 0 Å². The van der Waals surface area contributed by atoms with Crippen molar-refractivity contribution >= 4 is 11.6 Å². The normalized spacial score (nSPS) is 12.1. The molecule has 3 nitrogen and oxygen atoms in total. The Labute approximate surface area is 88.5 Å². The highest BCUT2D eigenvalue weighted by molar-refractivity contribution is 6.31. The van der Waals surface area contributed by atoms with Crippen molar-refractivity contribution in [2.45, 2.75) is 25.8 Å². The molecule has 1 rings (SSSR count). The molecule has 1 aromatic heterocycles. The average Bonchev–Trinajstić information content (AvgIpc) is 2.17. The molecule has 0 aromatic carbocycles. The Morgan fingerprint density at radius 3 is 2.93 bits per heavy atom. The molecule has 0 spiro atoms. The number of rotatable bonds is 3. The second kappa shape index (κ2) is 4.94. The number of halogens is 1. The maximum atomic E-state index is 8.62. The van der Waals surface area contributed by atoms with Crippen molar-refractivity contribution in [1.29, 1.82) is 5.26 Å². The summed E-state index contributed by atoms with van der Waals surface area (Å²) in [5.74, 6) is 0. The Bertz CT molecular complexity index is 357. The first-order valence-electron chi connectivity index (χ1n) is 4.50. The number of hydrogen-bond acceptors (Lipinski definition) is 3. The van der Waals surface area contributed by atoms with E-state index in [-0.39, 0.29) is 6.04 Å². The van der Waals surface area contributed by atoms with Gasteiger partial charge in [-0.25, -0.2) is 0 Å². The second-order valence-electron chi connectivity index (χ2n) is 3.10. The molecule has 0 bridgehead atoms. The molecule has 14 heavy (non-hydrogen) atoms. The monoisotopic (exact) mass is 209 g/mol. The molecule has 0 saturated carbocycles.